The van der Waals surface area contributed by atoms with Crippen molar-refractivity contribution in [2.45, 2.75) is 6.92 Å². The van der Waals surface area contributed by atoms with E-state index in [-0.39, 0.29) is 6.61 Å². The van der Waals surface area contributed by atoms with Crippen LogP contribution >= 0.6 is 18.0 Å². The van der Waals surface area contributed by atoms with Gasteiger partial charge in [0.25, 0.3) is 11.8 Å². The van der Waals surface area contributed by atoms with Crippen molar-refractivity contribution in [3.8, 4) is 0 Å². The molecule has 18 heavy (non-hydrogen) atoms. The number of carbonyl (C=O) groups is 2. The van der Waals surface area contributed by atoms with Gasteiger partial charge in [0.1, 0.15) is 6.29 Å². The Kier molecular flexibility index (Phi) is 3.57. The van der Waals surface area contributed by atoms with E-state index in [0.29, 0.717) is 11.1 Å². The van der Waals surface area contributed by atoms with Crippen molar-refractivity contribution >= 4 is 29.8 Å². The first-order chi connectivity index (χ1) is 8.46. The van der Waals surface area contributed by atoms with Gasteiger partial charge in [0.2, 0.25) is 0 Å². The summed E-state index contributed by atoms with van der Waals surface area (Å²) in [6.45, 7) is -1.70. The van der Waals surface area contributed by atoms with Crippen LogP contribution in [-0.4, -0.2) is 29.6 Å². The second-order valence-corrected chi connectivity index (χ2v) is 7.00. The summed E-state index contributed by atoms with van der Waals surface area (Å²) in [7, 11) is 0. The van der Waals surface area contributed by atoms with Gasteiger partial charge >= 0.3 is 6.72 Å². The minimum atomic E-state index is -3.49. The smallest absolute Gasteiger partial charge is 0.309 e. The Morgan fingerprint density at radius 1 is 1.22 bits per heavy atom. The molecule has 1 unspecified atom stereocenters. The van der Waals surface area contributed by atoms with Crippen molar-refractivity contribution in [3.63, 3.8) is 0 Å². The average Bonchev–Trinajstić information content (AvgIpc) is 2.55. The van der Waals surface area contributed by atoms with Crippen LogP contribution in [0.5, 0.6) is 0 Å². The summed E-state index contributed by atoms with van der Waals surface area (Å²) < 4.78 is 16.7. The summed E-state index contributed by atoms with van der Waals surface area (Å²) in [5.41, 5.74) is 0.603. The summed E-state index contributed by atoms with van der Waals surface area (Å²) in [4.78, 5) is 24.8. The van der Waals surface area contributed by atoms with Crippen molar-refractivity contribution in [3.05, 3.63) is 35.4 Å². The molecule has 2 amide bonds. The normalized spacial score (nSPS) is 17.8. The summed E-state index contributed by atoms with van der Waals surface area (Å²) in [5, 5.41) is 0. The van der Waals surface area contributed by atoms with Gasteiger partial charge in [-0.05, 0) is 30.3 Å². The van der Waals surface area contributed by atoms with Gasteiger partial charge in [-0.3, -0.25) is 19.1 Å². The Labute approximate surface area is 109 Å². The van der Waals surface area contributed by atoms with Gasteiger partial charge in [-0.2, -0.15) is 0 Å². The molecule has 0 aliphatic carbocycles. The van der Waals surface area contributed by atoms with Crippen LogP contribution in [0.15, 0.2) is 24.3 Å². The molecule has 0 radical (unpaired) electrons. The van der Waals surface area contributed by atoms with Crippen molar-refractivity contribution in [1.82, 2.24) is 4.90 Å². The van der Waals surface area contributed by atoms with E-state index in [9.17, 15) is 14.2 Å². The molecular weight excluding hydrogens is 277 g/mol. The molecule has 2 rings (SSSR count). The SMILES string of the molecule is CCOP(=O)(Cl)CN1C(=O)c2ccccc2C1=O. The zero-order valence-corrected chi connectivity index (χ0v) is 11.3. The summed E-state index contributed by atoms with van der Waals surface area (Å²) >= 11 is 5.68. The molecule has 0 spiro atoms. The molecule has 1 atom stereocenters. The standard InChI is InChI=1S/C11H11ClNO4P/c1-2-17-18(12,16)7-13-10(14)8-5-3-4-6-9(8)11(13)15/h3-6H,2,7H2,1H3. The maximum absolute atomic E-state index is 12.0. The Morgan fingerprint density at radius 2 is 1.72 bits per heavy atom. The second kappa shape index (κ2) is 4.84. The molecule has 1 aliphatic heterocycles. The van der Waals surface area contributed by atoms with Crippen LogP contribution in [0.2, 0.25) is 0 Å². The fourth-order valence-corrected chi connectivity index (χ4v) is 3.45. The number of halogens is 1. The first-order valence-electron chi connectivity index (χ1n) is 5.35. The predicted molar refractivity (Wildman–Crippen MR) is 66.9 cm³/mol. The van der Waals surface area contributed by atoms with Crippen LogP contribution in [0.3, 0.4) is 0 Å². The number of benzene rings is 1. The lowest BCUT2D eigenvalue weighted by molar-refractivity contribution is 0.0675. The summed E-state index contributed by atoms with van der Waals surface area (Å²) in [5.74, 6) is -0.979. The number of nitrogens with zero attached hydrogens (tertiary/aromatic N) is 1. The van der Waals surface area contributed by atoms with Crippen molar-refractivity contribution in [1.29, 1.82) is 0 Å². The third-order valence-electron chi connectivity index (χ3n) is 2.51. The molecule has 0 saturated heterocycles. The van der Waals surface area contributed by atoms with Crippen LogP contribution in [0, 0.1) is 0 Å². The largest absolute Gasteiger partial charge is 0.317 e. The molecule has 1 aliphatic rings. The van der Waals surface area contributed by atoms with E-state index in [2.05, 4.69) is 0 Å². The fourth-order valence-electron chi connectivity index (χ4n) is 1.77. The van der Waals surface area contributed by atoms with Crippen LogP contribution in [0.25, 0.3) is 0 Å². The topological polar surface area (TPSA) is 63.7 Å². The lowest BCUT2D eigenvalue weighted by atomic mass is 10.1. The Balaban J connectivity index is 2.27. The van der Waals surface area contributed by atoms with Crippen molar-refractivity contribution in [2.75, 3.05) is 12.9 Å². The van der Waals surface area contributed by atoms with Gasteiger partial charge in [0, 0.05) is 0 Å². The molecule has 1 heterocycles. The van der Waals surface area contributed by atoms with E-state index in [4.69, 9.17) is 15.8 Å². The zero-order valence-electron chi connectivity index (χ0n) is 9.63. The van der Waals surface area contributed by atoms with E-state index in [1.807, 2.05) is 0 Å². The molecule has 1 aromatic carbocycles. The molecular formula is C11H11ClNO4P. The number of imide groups is 1. The lowest BCUT2D eigenvalue weighted by Gasteiger charge is -2.17. The fraction of sp³-hybridized carbons (Fsp3) is 0.273. The number of fused-ring (bicyclic) bond motifs is 1. The minimum absolute atomic E-state index is 0.157. The highest BCUT2D eigenvalue weighted by Crippen LogP contribution is 2.53. The third-order valence-corrected chi connectivity index (χ3v) is 4.39. The monoisotopic (exact) mass is 287 g/mol. The van der Waals surface area contributed by atoms with E-state index < -0.39 is 24.8 Å². The zero-order chi connectivity index (χ0) is 13.3. The quantitative estimate of drug-likeness (QED) is 0.631. The van der Waals surface area contributed by atoms with E-state index in [1.165, 1.54) is 0 Å². The van der Waals surface area contributed by atoms with Gasteiger partial charge in [-0.15, -0.1) is 0 Å². The maximum Gasteiger partial charge on any atom is 0.309 e. The van der Waals surface area contributed by atoms with Crippen LogP contribution in [-0.2, 0) is 9.09 Å². The first-order valence-corrected chi connectivity index (χ1v) is 8.06. The number of hydrogen-bond donors (Lipinski definition) is 0. The van der Waals surface area contributed by atoms with Gasteiger partial charge in [-0.25, -0.2) is 0 Å². The average molecular weight is 288 g/mol. The molecule has 7 heteroatoms. The number of amides is 2. The third kappa shape index (κ3) is 2.34. The molecule has 1 aromatic rings. The molecule has 0 bridgehead atoms. The molecule has 96 valence electrons. The predicted octanol–water partition coefficient (Wildman–Crippen LogP) is 2.71. The van der Waals surface area contributed by atoms with E-state index in [0.717, 1.165) is 4.90 Å². The van der Waals surface area contributed by atoms with Gasteiger partial charge in [0.05, 0.1) is 17.7 Å². The van der Waals surface area contributed by atoms with E-state index in [1.54, 1.807) is 31.2 Å². The van der Waals surface area contributed by atoms with E-state index >= 15 is 0 Å². The van der Waals surface area contributed by atoms with Gasteiger partial charge in [-0.1, -0.05) is 12.1 Å². The summed E-state index contributed by atoms with van der Waals surface area (Å²) in [6, 6.07) is 6.43. The molecule has 0 aromatic heterocycles. The maximum atomic E-state index is 12.0. The van der Waals surface area contributed by atoms with Crippen LogP contribution < -0.4 is 0 Å². The molecule has 5 nitrogen and oxygen atoms in total. The highest BCUT2D eigenvalue weighted by molar-refractivity contribution is 7.85. The van der Waals surface area contributed by atoms with Crippen LogP contribution in [0.1, 0.15) is 27.6 Å². The number of hydrogen-bond acceptors (Lipinski definition) is 4. The highest BCUT2D eigenvalue weighted by atomic mass is 35.7. The Bertz CT molecular complexity index is 525. The first kappa shape index (κ1) is 13.3. The summed E-state index contributed by atoms with van der Waals surface area (Å²) in [6.07, 6.45) is -0.408. The Morgan fingerprint density at radius 3 is 2.17 bits per heavy atom. The van der Waals surface area contributed by atoms with Crippen molar-refractivity contribution in [2.24, 2.45) is 0 Å². The molecule has 0 saturated carbocycles. The number of carbonyl (C=O) groups excluding carboxylic acids is 2. The molecule has 0 fully saturated rings. The lowest BCUT2D eigenvalue weighted by Crippen LogP contribution is -2.30. The highest BCUT2D eigenvalue weighted by Gasteiger charge is 2.39. The van der Waals surface area contributed by atoms with Crippen molar-refractivity contribution < 1.29 is 18.7 Å². The second-order valence-electron chi connectivity index (χ2n) is 3.73. The minimum Gasteiger partial charge on any atom is -0.317 e. The number of rotatable bonds is 4. The van der Waals surface area contributed by atoms with Crippen LogP contribution in [0.4, 0.5) is 0 Å². The van der Waals surface area contributed by atoms with Gasteiger partial charge in [0.15, 0.2) is 0 Å². The molecule has 0 N–H and O–H groups in total. The van der Waals surface area contributed by atoms with Gasteiger partial charge < -0.3 is 4.52 Å². The Hall–Kier alpha value is -1.16.